The van der Waals surface area contributed by atoms with Crippen LogP contribution in [0, 0.1) is 5.92 Å². The monoisotopic (exact) mass is 379 g/mol. The minimum absolute atomic E-state index is 0. The molecule has 4 nitrogen and oxygen atoms in total. The van der Waals surface area contributed by atoms with Crippen molar-refractivity contribution in [3.05, 3.63) is 29.8 Å². The fourth-order valence-electron chi connectivity index (χ4n) is 2.44. The number of rotatable bonds is 6. The van der Waals surface area contributed by atoms with Crippen LogP contribution in [0.3, 0.4) is 0 Å². The molecule has 1 aromatic rings. The maximum Gasteiger partial charge on any atom is 0.228 e. The molecule has 1 saturated heterocycles. The molecule has 0 spiro atoms. The Morgan fingerprint density at radius 3 is 2.57 bits per heavy atom. The molecule has 2 N–H and O–H groups in total. The largest absolute Gasteiger partial charge is 0.326 e. The molecule has 1 aliphatic rings. The van der Waals surface area contributed by atoms with E-state index in [1.807, 2.05) is 43.9 Å². The standard InChI is InChI=1S/C16H25N3OS.2ClH/c1-13(11-17-2)16(20)18-15-6-4-3-5-14(15)12-19-7-9-21-10-8-19;;/h3-6,13,17H,7-12H2,1-2H3,(H,18,20);2*1H. The van der Waals surface area contributed by atoms with E-state index in [1.54, 1.807) is 0 Å². The molecule has 2 rings (SSSR count). The molecule has 7 heteroatoms. The Morgan fingerprint density at radius 2 is 1.91 bits per heavy atom. The van der Waals surface area contributed by atoms with E-state index in [-0.39, 0.29) is 36.6 Å². The zero-order chi connectivity index (χ0) is 15.1. The third kappa shape index (κ3) is 7.31. The van der Waals surface area contributed by atoms with Gasteiger partial charge in [-0.05, 0) is 18.7 Å². The summed E-state index contributed by atoms with van der Waals surface area (Å²) in [5.41, 5.74) is 2.15. The Morgan fingerprint density at radius 1 is 1.26 bits per heavy atom. The minimum Gasteiger partial charge on any atom is -0.326 e. The van der Waals surface area contributed by atoms with Gasteiger partial charge in [0.15, 0.2) is 0 Å². The molecule has 0 bridgehead atoms. The smallest absolute Gasteiger partial charge is 0.228 e. The van der Waals surface area contributed by atoms with Crippen molar-refractivity contribution in [3.63, 3.8) is 0 Å². The summed E-state index contributed by atoms with van der Waals surface area (Å²) in [6.45, 7) is 5.80. The third-order valence-corrected chi connectivity index (χ3v) is 4.67. The van der Waals surface area contributed by atoms with Crippen LogP contribution in [0.1, 0.15) is 12.5 Å². The van der Waals surface area contributed by atoms with Gasteiger partial charge in [-0.2, -0.15) is 11.8 Å². The molecule has 1 aromatic carbocycles. The molecular formula is C16H27Cl2N3OS. The van der Waals surface area contributed by atoms with Gasteiger partial charge >= 0.3 is 0 Å². The normalized spacial score (nSPS) is 15.9. The number of carbonyl (C=O) groups is 1. The molecule has 0 radical (unpaired) electrons. The van der Waals surface area contributed by atoms with E-state index in [4.69, 9.17) is 0 Å². The number of amides is 1. The van der Waals surface area contributed by atoms with Crippen molar-refractivity contribution in [1.29, 1.82) is 0 Å². The van der Waals surface area contributed by atoms with Crippen LogP contribution in [0.4, 0.5) is 5.69 Å². The lowest BCUT2D eigenvalue weighted by Crippen LogP contribution is -2.33. The Labute approximate surface area is 156 Å². The number of hydrogen-bond donors (Lipinski definition) is 2. The van der Waals surface area contributed by atoms with Gasteiger partial charge in [-0.25, -0.2) is 0 Å². The summed E-state index contributed by atoms with van der Waals surface area (Å²) in [7, 11) is 1.87. The summed E-state index contributed by atoms with van der Waals surface area (Å²) in [5.74, 6) is 2.45. The molecule has 1 fully saturated rings. The van der Waals surface area contributed by atoms with Crippen LogP contribution >= 0.6 is 36.6 Å². The summed E-state index contributed by atoms with van der Waals surface area (Å²) >= 11 is 2.02. The van der Waals surface area contributed by atoms with Gasteiger partial charge in [0, 0.05) is 49.3 Å². The van der Waals surface area contributed by atoms with E-state index < -0.39 is 0 Å². The molecule has 1 unspecified atom stereocenters. The van der Waals surface area contributed by atoms with E-state index in [0.29, 0.717) is 6.54 Å². The minimum atomic E-state index is -0.0329. The van der Waals surface area contributed by atoms with Gasteiger partial charge in [0.25, 0.3) is 0 Å². The SMILES string of the molecule is CNCC(C)C(=O)Nc1ccccc1CN1CCSCC1.Cl.Cl. The highest BCUT2D eigenvalue weighted by atomic mass is 35.5. The quantitative estimate of drug-likeness (QED) is 0.797. The Hall–Kier alpha value is -0.460. The molecule has 132 valence electrons. The third-order valence-electron chi connectivity index (χ3n) is 3.73. The fraction of sp³-hybridized carbons (Fsp3) is 0.562. The first-order chi connectivity index (χ1) is 10.2. The highest BCUT2D eigenvalue weighted by molar-refractivity contribution is 7.99. The van der Waals surface area contributed by atoms with Crippen molar-refractivity contribution < 1.29 is 4.79 Å². The molecule has 1 heterocycles. The van der Waals surface area contributed by atoms with E-state index in [1.165, 1.54) is 17.1 Å². The second-order valence-corrected chi connectivity index (χ2v) is 6.72. The van der Waals surface area contributed by atoms with E-state index in [9.17, 15) is 4.79 Å². The van der Waals surface area contributed by atoms with Crippen molar-refractivity contribution in [2.24, 2.45) is 5.92 Å². The van der Waals surface area contributed by atoms with Gasteiger partial charge in [0.05, 0.1) is 0 Å². The number of carbonyl (C=O) groups excluding carboxylic acids is 1. The lowest BCUT2D eigenvalue weighted by atomic mass is 10.1. The van der Waals surface area contributed by atoms with Crippen LogP contribution in [-0.2, 0) is 11.3 Å². The first-order valence-electron chi connectivity index (χ1n) is 7.54. The van der Waals surface area contributed by atoms with E-state index in [2.05, 4.69) is 21.6 Å². The summed E-state index contributed by atoms with van der Waals surface area (Å²) in [6, 6.07) is 8.13. The number of halogens is 2. The van der Waals surface area contributed by atoms with Gasteiger partial charge in [-0.3, -0.25) is 9.69 Å². The average Bonchev–Trinajstić information content (AvgIpc) is 2.50. The van der Waals surface area contributed by atoms with Crippen molar-refractivity contribution in [2.45, 2.75) is 13.5 Å². The van der Waals surface area contributed by atoms with Crippen LogP contribution in [0.15, 0.2) is 24.3 Å². The van der Waals surface area contributed by atoms with Crippen molar-refractivity contribution >= 4 is 48.2 Å². The van der Waals surface area contributed by atoms with Crippen LogP contribution in [0.25, 0.3) is 0 Å². The van der Waals surface area contributed by atoms with Crippen molar-refractivity contribution in [2.75, 3.05) is 43.5 Å². The number of hydrogen-bond acceptors (Lipinski definition) is 4. The lowest BCUT2D eigenvalue weighted by molar-refractivity contribution is -0.119. The highest BCUT2D eigenvalue weighted by Crippen LogP contribution is 2.20. The number of nitrogens with zero attached hydrogens (tertiary/aromatic N) is 1. The first-order valence-corrected chi connectivity index (χ1v) is 8.69. The highest BCUT2D eigenvalue weighted by Gasteiger charge is 2.16. The molecular weight excluding hydrogens is 353 g/mol. The van der Waals surface area contributed by atoms with Crippen LogP contribution in [-0.4, -0.2) is 49.0 Å². The van der Waals surface area contributed by atoms with Gasteiger partial charge in [-0.15, -0.1) is 24.8 Å². The number of thioether (sulfide) groups is 1. The van der Waals surface area contributed by atoms with Crippen LogP contribution in [0.2, 0.25) is 0 Å². The van der Waals surface area contributed by atoms with Crippen LogP contribution < -0.4 is 10.6 Å². The Bertz CT molecular complexity index is 470. The molecule has 1 aliphatic heterocycles. The van der Waals surface area contributed by atoms with Crippen molar-refractivity contribution in [1.82, 2.24) is 10.2 Å². The lowest BCUT2D eigenvalue weighted by Gasteiger charge is -2.27. The summed E-state index contributed by atoms with van der Waals surface area (Å²) in [5, 5.41) is 6.12. The number of benzene rings is 1. The maximum absolute atomic E-state index is 12.2. The Kier molecular flexibility index (Phi) is 11.7. The summed E-state index contributed by atoms with van der Waals surface area (Å²) in [4.78, 5) is 14.6. The predicted octanol–water partition coefficient (Wildman–Crippen LogP) is 2.87. The second-order valence-electron chi connectivity index (χ2n) is 5.49. The molecule has 0 aromatic heterocycles. The molecule has 0 aliphatic carbocycles. The van der Waals surface area contributed by atoms with E-state index >= 15 is 0 Å². The van der Waals surface area contributed by atoms with E-state index in [0.717, 1.165) is 25.3 Å². The van der Waals surface area contributed by atoms with Crippen LogP contribution in [0.5, 0.6) is 0 Å². The summed E-state index contributed by atoms with van der Waals surface area (Å²) < 4.78 is 0. The van der Waals surface area contributed by atoms with Gasteiger partial charge in [0.1, 0.15) is 0 Å². The topological polar surface area (TPSA) is 44.4 Å². The fourth-order valence-corrected chi connectivity index (χ4v) is 3.41. The number of para-hydroxylation sites is 1. The zero-order valence-electron chi connectivity index (χ0n) is 13.7. The van der Waals surface area contributed by atoms with Gasteiger partial charge in [-0.1, -0.05) is 25.1 Å². The van der Waals surface area contributed by atoms with Gasteiger partial charge in [0.2, 0.25) is 5.91 Å². The molecule has 1 atom stereocenters. The molecule has 1 amide bonds. The van der Waals surface area contributed by atoms with Crippen molar-refractivity contribution in [3.8, 4) is 0 Å². The average molecular weight is 380 g/mol. The number of anilines is 1. The number of nitrogens with one attached hydrogen (secondary N) is 2. The first kappa shape index (κ1) is 22.5. The molecule has 23 heavy (non-hydrogen) atoms. The second kappa shape index (κ2) is 12.0. The maximum atomic E-state index is 12.2. The molecule has 0 saturated carbocycles. The summed E-state index contributed by atoms with van der Waals surface area (Å²) in [6.07, 6.45) is 0. The Balaban J connectivity index is 0.00000242. The predicted molar refractivity (Wildman–Crippen MR) is 105 cm³/mol. The van der Waals surface area contributed by atoms with Gasteiger partial charge < -0.3 is 10.6 Å². The zero-order valence-corrected chi connectivity index (χ0v) is 16.2.